The molecule has 5 fully saturated rings. The molecule has 2 aliphatic heterocycles. The lowest BCUT2D eigenvalue weighted by molar-refractivity contribution is -0.199. The monoisotopic (exact) mass is 909 g/mol. The number of aliphatic carboxylic acids is 2. The zero-order valence-corrected chi connectivity index (χ0v) is 39.9. The highest BCUT2D eigenvalue weighted by Gasteiger charge is 2.68. The Balaban J connectivity index is 1.30. The van der Waals surface area contributed by atoms with Crippen molar-refractivity contribution in [2.45, 2.75) is 180 Å². The van der Waals surface area contributed by atoms with Crippen LogP contribution in [0.3, 0.4) is 0 Å². The maximum Gasteiger partial charge on any atom is 0.481 e. The topological polar surface area (TPSA) is 256 Å². The molecular weight excluding hydrogens is 835 g/mol. The molecular formula is C47H73BN6O11. The Kier molecular flexibility index (Phi) is 16.3. The Morgan fingerprint density at radius 3 is 2.05 bits per heavy atom. The van der Waals surface area contributed by atoms with Gasteiger partial charge in [0.2, 0.25) is 29.5 Å². The van der Waals surface area contributed by atoms with Crippen LogP contribution in [0.25, 0.3) is 0 Å². The number of benzene rings is 1. The molecule has 5 amide bonds. The van der Waals surface area contributed by atoms with Crippen LogP contribution in [0, 0.1) is 29.1 Å². The van der Waals surface area contributed by atoms with Crippen molar-refractivity contribution in [1.29, 1.82) is 0 Å². The zero-order valence-electron chi connectivity index (χ0n) is 39.9. The van der Waals surface area contributed by atoms with E-state index in [0.717, 1.165) is 18.4 Å². The van der Waals surface area contributed by atoms with Crippen molar-refractivity contribution < 1.29 is 53.1 Å². The van der Waals surface area contributed by atoms with E-state index < -0.39 is 109 Å². The summed E-state index contributed by atoms with van der Waals surface area (Å²) in [7, 11) is -0.687. The maximum atomic E-state index is 14.5. The normalized spacial score (nSPS) is 25.7. The number of carbonyl (C=O) groups is 7. The smallest absolute Gasteiger partial charge is 0.481 e. The molecule has 0 spiro atoms. The molecule has 1 aromatic carbocycles. The standard InChI is InChI=1S/C47H73BN6O11/c1-25(2)38(52-41(60)31(18-20-36(55)56)50-40(59)30(49)24-37(57)58)43(62)53-39(26(3)4)44(63)54-21-11-12-32(54)42(61)51-35(19-15-27-13-16-28(17-14-27)45(5,6)7)48-64-34-23-29-22-33(46(29,8)9)47(34,10)65-48/h13-14,16-17,25-26,29-35,38-39H,11-12,15,18-24,49H2,1-10H3,(H,50,59)(H,51,61)(H,52,60)(H,53,62)(H,55,56)(H,57,58)/t29-,30-,31-,32-,33+,34+,35-,38-,39-,47-/m0/s1. The fourth-order valence-electron chi connectivity index (χ4n) is 10.2. The number of hydrogen-bond acceptors (Lipinski definition) is 10. The van der Waals surface area contributed by atoms with Crippen LogP contribution in [0.2, 0.25) is 0 Å². The quantitative estimate of drug-likeness (QED) is 0.0933. The Labute approximate surface area is 384 Å². The number of nitrogens with two attached hydrogens (primary N) is 1. The number of likely N-dealkylation sites (tertiary alicyclic amines) is 1. The number of carbonyl (C=O) groups excluding carboxylic acids is 5. The van der Waals surface area contributed by atoms with Crippen molar-refractivity contribution in [1.82, 2.24) is 26.2 Å². The highest BCUT2D eigenvalue weighted by Crippen LogP contribution is 2.65. The molecule has 18 heteroatoms. The molecule has 17 nitrogen and oxygen atoms in total. The van der Waals surface area contributed by atoms with Crippen LogP contribution >= 0.6 is 0 Å². The minimum atomic E-state index is -1.51. The van der Waals surface area contributed by atoms with E-state index in [9.17, 15) is 38.7 Å². The van der Waals surface area contributed by atoms with Gasteiger partial charge in [-0.15, -0.1) is 0 Å². The van der Waals surface area contributed by atoms with Crippen molar-refractivity contribution in [2.75, 3.05) is 6.54 Å². The first-order valence-corrected chi connectivity index (χ1v) is 23.4. The Bertz CT molecular complexity index is 1940. The van der Waals surface area contributed by atoms with E-state index in [-0.39, 0.29) is 35.8 Å². The van der Waals surface area contributed by atoms with E-state index in [1.807, 2.05) is 0 Å². The lowest BCUT2D eigenvalue weighted by Crippen LogP contribution is -2.65. The summed E-state index contributed by atoms with van der Waals surface area (Å²) in [6, 6.07) is 2.41. The van der Waals surface area contributed by atoms with Gasteiger partial charge in [-0.2, -0.15) is 0 Å². The first-order valence-electron chi connectivity index (χ1n) is 23.4. The predicted molar refractivity (Wildman–Crippen MR) is 243 cm³/mol. The van der Waals surface area contributed by atoms with Crippen molar-refractivity contribution >= 4 is 48.6 Å². The van der Waals surface area contributed by atoms with E-state index in [1.54, 1.807) is 27.7 Å². The third-order valence-corrected chi connectivity index (χ3v) is 14.5. The minimum absolute atomic E-state index is 0.00526. The number of hydrogen-bond donors (Lipinski definition) is 7. The average Bonchev–Trinajstić information content (AvgIpc) is 3.85. The van der Waals surface area contributed by atoms with Gasteiger partial charge in [-0.1, -0.05) is 86.6 Å². The van der Waals surface area contributed by atoms with Gasteiger partial charge in [0.1, 0.15) is 24.2 Å². The Morgan fingerprint density at radius 2 is 1.48 bits per heavy atom. The van der Waals surface area contributed by atoms with Gasteiger partial charge < -0.3 is 51.4 Å². The minimum Gasteiger partial charge on any atom is -0.481 e. The summed E-state index contributed by atoms with van der Waals surface area (Å²) in [6.07, 6.45) is 2.44. The number of nitrogens with one attached hydrogen (secondary N) is 4. The van der Waals surface area contributed by atoms with E-state index in [1.165, 1.54) is 10.5 Å². The predicted octanol–water partition coefficient (Wildman–Crippen LogP) is 3.09. The summed E-state index contributed by atoms with van der Waals surface area (Å²) in [5.74, 6) is -6.56. The van der Waals surface area contributed by atoms with Crippen molar-refractivity contribution in [3.05, 3.63) is 35.4 Å². The van der Waals surface area contributed by atoms with Crippen LogP contribution in [-0.4, -0.2) is 118 Å². The number of amides is 5. The van der Waals surface area contributed by atoms with Gasteiger partial charge in [-0.3, -0.25) is 33.6 Å². The van der Waals surface area contributed by atoms with E-state index in [2.05, 4.69) is 87.1 Å². The van der Waals surface area contributed by atoms with Crippen LogP contribution in [0.1, 0.15) is 132 Å². The molecule has 3 saturated carbocycles. The summed E-state index contributed by atoms with van der Waals surface area (Å²) in [4.78, 5) is 93.1. The highest BCUT2D eigenvalue weighted by atomic mass is 16.7. The number of carboxylic acids is 2. The molecule has 2 bridgehead atoms. The average molecular weight is 909 g/mol. The summed E-state index contributed by atoms with van der Waals surface area (Å²) in [5, 5.41) is 29.3. The first-order chi connectivity index (χ1) is 30.2. The number of nitrogens with zero attached hydrogens (tertiary/aromatic N) is 1. The molecule has 360 valence electrons. The van der Waals surface area contributed by atoms with Crippen LogP contribution < -0.4 is 27.0 Å². The van der Waals surface area contributed by atoms with Gasteiger partial charge in [0, 0.05) is 13.0 Å². The lowest BCUT2D eigenvalue weighted by Gasteiger charge is -2.64. The molecule has 65 heavy (non-hydrogen) atoms. The second kappa shape index (κ2) is 20.5. The molecule has 3 aliphatic carbocycles. The Hall–Kier alpha value is -4.55. The number of carboxylic acid groups (broad SMARTS) is 2. The van der Waals surface area contributed by atoms with E-state index in [4.69, 9.17) is 20.1 Å². The molecule has 1 aromatic rings. The summed E-state index contributed by atoms with van der Waals surface area (Å²) in [6.45, 7) is 20.4. The fourth-order valence-corrected chi connectivity index (χ4v) is 10.2. The van der Waals surface area contributed by atoms with Crippen molar-refractivity contribution in [3.8, 4) is 0 Å². The summed E-state index contributed by atoms with van der Waals surface area (Å²) >= 11 is 0. The van der Waals surface area contributed by atoms with Crippen LogP contribution in [0.15, 0.2) is 24.3 Å². The van der Waals surface area contributed by atoms with Crippen molar-refractivity contribution in [2.24, 2.45) is 34.8 Å². The fraction of sp³-hybridized carbons (Fsp3) is 0.723. The summed E-state index contributed by atoms with van der Waals surface area (Å²) < 4.78 is 13.6. The number of rotatable bonds is 20. The maximum absolute atomic E-state index is 14.5. The molecule has 0 radical (unpaired) electrons. The molecule has 8 N–H and O–H groups in total. The van der Waals surface area contributed by atoms with Crippen LogP contribution in [0.4, 0.5) is 0 Å². The van der Waals surface area contributed by atoms with E-state index >= 15 is 0 Å². The third-order valence-electron chi connectivity index (χ3n) is 14.5. The first kappa shape index (κ1) is 51.4. The lowest BCUT2D eigenvalue weighted by atomic mass is 9.43. The summed E-state index contributed by atoms with van der Waals surface area (Å²) in [5.41, 5.74) is 7.66. The van der Waals surface area contributed by atoms with Gasteiger partial charge in [0.25, 0.3) is 0 Å². The molecule has 0 unspecified atom stereocenters. The SMILES string of the molecule is CC(C)[C@H](NC(=O)[C@H](CCC(=O)O)NC(=O)[C@@H](N)CC(=O)O)C(=O)N[C@H](C(=O)N1CCC[C@H]1C(=O)N[C@@H](CCc1ccc(C(C)(C)C)cc1)B1O[C@@H]2C[C@@H]3C[C@H](C3(C)C)[C@]2(C)O1)C(C)C. The van der Waals surface area contributed by atoms with Gasteiger partial charge in [-0.05, 0) is 97.5 Å². The molecule has 6 rings (SSSR count). The van der Waals surface area contributed by atoms with Crippen LogP contribution in [-0.2, 0) is 54.7 Å². The molecule has 2 saturated heterocycles. The van der Waals surface area contributed by atoms with E-state index in [0.29, 0.717) is 37.5 Å². The second-order valence-electron chi connectivity index (χ2n) is 21.3. The second-order valence-corrected chi connectivity index (χ2v) is 21.3. The molecule has 0 aromatic heterocycles. The molecule has 10 atom stereocenters. The largest absolute Gasteiger partial charge is 0.481 e. The zero-order chi connectivity index (χ0) is 48.3. The van der Waals surface area contributed by atoms with Gasteiger partial charge in [0.15, 0.2) is 0 Å². The van der Waals surface area contributed by atoms with Gasteiger partial charge in [0.05, 0.1) is 30.1 Å². The molecule has 2 heterocycles. The van der Waals surface area contributed by atoms with Crippen molar-refractivity contribution in [3.63, 3.8) is 0 Å². The Morgan fingerprint density at radius 1 is 0.846 bits per heavy atom. The molecule has 5 aliphatic rings. The highest BCUT2D eigenvalue weighted by molar-refractivity contribution is 6.48. The van der Waals surface area contributed by atoms with Crippen LogP contribution in [0.5, 0.6) is 0 Å². The third kappa shape index (κ3) is 11.9. The van der Waals surface area contributed by atoms with Gasteiger partial charge in [-0.25, -0.2) is 0 Å². The number of aryl methyl sites for hydroxylation is 1. The van der Waals surface area contributed by atoms with Gasteiger partial charge >= 0.3 is 19.1 Å².